The molecule has 3 rings (SSSR count). The van der Waals surface area contributed by atoms with Crippen LogP contribution in [0.3, 0.4) is 0 Å². The van der Waals surface area contributed by atoms with Gasteiger partial charge >= 0.3 is 0 Å². The van der Waals surface area contributed by atoms with E-state index in [4.69, 9.17) is 0 Å². The lowest BCUT2D eigenvalue weighted by molar-refractivity contribution is -0.168. The summed E-state index contributed by atoms with van der Waals surface area (Å²) in [5.74, 6) is -3.77. The molecular formula is C15H11BrF2N2O3S. The van der Waals surface area contributed by atoms with E-state index in [0.717, 1.165) is 32.4 Å². The first-order chi connectivity index (χ1) is 11.3. The fourth-order valence-electron chi connectivity index (χ4n) is 2.48. The number of hydrogen-bond donors (Lipinski definition) is 1. The number of carbonyl (C=O) groups is 2. The molecule has 1 N–H and O–H groups in total. The fourth-order valence-corrected chi connectivity index (χ4v) is 4.14. The Balaban J connectivity index is 2.04. The smallest absolute Gasteiger partial charge is 0.268 e. The zero-order chi connectivity index (χ0) is 17.6. The van der Waals surface area contributed by atoms with Gasteiger partial charge in [-0.15, -0.1) is 11.3 Å². The van der Waals surface area contributed by atoms with Crippen LogP contribution in [0.1, 0.15) is 26.3 Å². The molecule has 1 aromatic heterocycles. The molecule has 0 spiro atoms. The van der Waals surface area contributed by atoms with Crippen LogP contribution >= 0.6 is 27.3 Å². The molecule has 9 heteroatoms. The van der Waals surface area contributed by atoms with Gasteiger partial charge in [0.2, 0.25) is 0 Å². The summed E-state index contributed by atoms with van der Waals surface area (Å²) in [5.41, 5.74) is -0.752. The van der Waals surface area contributed by atoms with Gasteiger partial charge in [0.1, 0.15) is 23.7 Å². The SMILES string of the molecule is Cc1sc(C2N(O)C(=O)CN2C(=O)c2c(F)cccc2F)cc1Br. The molecule has 2 heterocycles. The van der Waals surface area contributed by atoms with Gasteiger partial charge in [-0.05, 0) is 41.1 Å². The van der Waals surface area contributed by atoms with Crippen LogP contribution in [0.5, 0.6) is 0 Å². The number of benzene rings is 1. The minimum absolute atomic E-state index is 0.411. The lowest BCUT2D eigenvalue weighted by atomic mass is 10.1. The van der Waals surface area contributed by atoms with E-state index in [2.05, 4.69) is 15.9 Å². The van der Waals surface area contributed by atoms with Crippen LogP contribution in [-0.2, 0) is 4.79 Å². The first kappa shape index (κ1) is 17.0. The van der Waals surface area contributed by atoms with Gasteiger partial charge < -0.3 is 4.90 Å². The maximum absolute atomic E-state index is 13.9. The lowest BCUT2D eigenvalue weighted by Crippen LogP contribution is -2.34. The van der Waals surface area contributed by atoms with Crippen LogP contribution in [0.4, 0.5) is 8.78 Å². The van der Waals surface area contributed by atoms with Crippen molar-refractivity contribution in [2.45, 2.75) is 13.1 Å². The number of carbonyl (C=O) groups excluding carboxylic acids is 2. The Labute approximate surface area is 148 Å². The Morgan fingerprint density at radius 1 is 1.38 bits per heavy atom. The average Bonchev–Trinajstić information content (AvgIpc) is 2.99. The monoisotopic (exact) mass is 416 g/mol. The van der Waals surface area contributed by atoms with Crippen molar-refractivity contribution < 1.29 is 23.6 Å². The van der Waals surface area contributed by atoms with Gasteiger partial charge in [-0.25, -0.2) is 8.78 Å². The normalized spacial score (nSPS) is 17.7. The van der Waals surface area contributed by atoms with Gasteiger partial charge in [0.05, 0.1) is 4.88 Å². The maximum Gasteiger partial charge on any atom is 0.268 e. The quantitative estimate of drug-likeness (QED) is 0.762. The largest absolute Gasteiger partial charge is 0.302 e. The molecule has 0 bridgehead atoms. The lowest BCUT2D eigenvalue weighted by Gasteiger charge is -2.25. The van der Waals surface area contributed by atoms with Crippen molar-refractivity contribution in [3.05, 3.63) is 55.7 Å². The zero-order valence-electron chi connectivity index (χ0n) is 12.3. The number of amides is 2. The molecule has 1 aliphatic heterocycles. The summed E-state index contributed by atoms with van der Waals surface area (Å²) in [6.07, 6.45) is -1.13. The summed E-state index contributed by atoms with van der Waals surface area (Å²) in [4.78, 5) is 26.8. The van der Waals surface area contributed by atoms with Crippen LogP contribution in [0.2, 0.25) is 0 Å². The van der Waals surface area contributed by atoms with Crippen LogP contribution in [0, 0.1) is 18.6 Å². The second-order valence-corrected chi connectivity index (χ2v) is 7.34. The molecule has 1 aliphatic rings. The molecule has 0 radical (unpaired) electrons. The Morgan fingerprint density at radius 3 is 2.54 bits per heavy atom. The molecule has 1 unspecified atom stereocenters. The Bertz CT molecular complexity index is 802. The van der Waals surface area contributed by atoms with Crippen LogP contribution in [-0.4, -0.2) is 33.5 Å². The van der Waals surface area contributed by atoms with Gasteiger partial charge in [-0.2, -0.15) is 5.06 Å². The summed E-state index contributed by atoms with van der Waals surface area (Å²) in [5, 5.41) is 10.4. The van der Waals surface area contributed by atoms with Crippen molar-refractivity contribution in [2.24, 2.45) is 0 Å². The molecule has 24 heavy (non-hydrogen) atoms. The van der Waals surface area contributed by atoms with Crippen molar-refractivity contribution in [3.8, 4) is 0 Å². The predicted octanol–water partition coefficient (Wildman–Crippen LogP) is 3.47. The molecule has 0 saturated carbocycles. The maximum atomic E-state index is 13.9. The van der Waals surface area contributed by atoms with E-state index in [1.807, 2.05) is 6.92 Å². The number of thiophene rings is 1. The highest BCUT2D eigenvalue weighted by Crippen LogP contribution is 2.38. The predicted molar refractivity (Wildman–Crippen MR) is 85.5 cm³/mol. The standard InChI is InChI=1S/C15H11BrF2N2O3S/c1-7-8(16)5-11(24-7)14-19(6-12(21)20(14)23)15(22)13-9(17)3-2-4-10(13)18/h2-5,14,23H,6H2,1H3. The van der Waals surface area contributed by atoms with Crippen LogP contribution in [0.15, 0.2) is 28.7 Å². The van der Waals surface area contributed by atoms with Crippen molar-refractivity contribution >= 4 is 39.1 Å². The van der Waals surface area contributed by atoms with Crippen LogP contribution in [0.25, 0.3) is 0 Å². The van der Waals surface area contributed by atoms with E-state index in [9.17, 15) is 23.6 Å². The average molecular weight is 417 g/mol. The first-order valence-electron chi connectivity index (χ1n) is 6.83. The number of rotatable bonds is 2. The first-order valence-corrected chi connectivity index (χ1v) is 8.44. The molecule has 126 valence electrons. The highest BCUT2D eigenvalue weighted by atomic mass is 79.9. The number of hydroxylamine groups is 2. The highest BCUT2D eigenvalue weighted by Gasteiger charge is 2.43. The number of hydrogen-bond acceptors (Lipinski definition) is 4. The number of halogens is 3. The van der Waals surface area contributed by atoms with E-state index in [0.29, 0.717) is 9.94 Å². The van der Waals surface area contributed by atoms with Gasteiger partial charge in [0.25, 0.3) is 11.8 Å². The van der Waals surface area contributed by atoms with Crippen molar-refractivity contribution in [1.29, 1.82) is 0 Å². The van der Waals surface area contributed by atoms with Gasteiger partial charge in [0.15, 0.2) is 6.17 Å². The molecule has 1 aromatic carbocycles. The molecule has 5 nitrogen and oxygen atoms in total. The van der Waals surface area contributed by atoms with Gasteiger partial charge in [0, 0.05) is 9.35 Å². The third-order valence-corrected chi connectivity index (χ3v) is 5.83. The third kappa shape index (κ3) is 2.72. The molecule has 0 aliphatic carbocycles. The second-order valence-electron chi connectivity index (χ2n) is 5.19. The summed E-state index contributed by atoms with van der Waals surface area (Å²) in [6.45, 7) is 1.35. The van der Waals surface area contributed by atoms with Gasteiger partial charge in [-0.1, -0.05) is 6.07 Å². The van der Waals surface area contributed by atoms with E-state index in [-0.39, 0.29) is 0 Å². The van der Waals surface area contributed by atoms with Crippen molar-refractivity contribution in [3.63, 3.8) is 0 Å². The second kappa shape index (κ2) is 6.23. The third-order valence-electron chi connectivity index (χ3n) is 3.66. The molecule has 1 saturated heterocycles. The molecular weight excluding hydrogens is 406 g/mol. The van der Waals surface area contributed by atoms with E-state index >= 15 is 0 Å². The van der Waals surface area contributed by atoms with Crippen LogP contribution < -0.4 is 0 Å². The summed E-state index contributed by atoms with van der Waals surface area (Å²) < 4.78 is 28.5. The topological polar surface area (TPSA) is 60.9 Å². The minimum Gasteiger partial charge on any atom is -0.302 e. The molecule has 1 atom stereocenters. The van der Waals surface area contributed by atoms with Crippen molar-refractivity contribution in [1.82, 2.24) is 9.96 Å². The number of nitrogens with zero attached hydrogens (tertiary/aromatic N) is 2. The number of aryl methyl sites for hydroxylation is 1. The summed E-state index contributed by atoms with van der Waals surface area (Å²) in [7, 11) is 0. The Hall–Kier alpha value is -1.84. The zero-order valence-corrected chi connectivity index (χ0v) is 14.7. The van der Waals surface area contributed by atoms with E-state index < -0.39 is 41.7 Å². The van der Waals surface area contributed by atoms with Crippen molar-refractivity contribution in [2.75, 3.05) is 6.54 Å². The molecule has 1 fully saturated rings. The molecule has 2 aromatic rings. The minimum atomic E-state index is -1.13. The van der Waals surface area contributed by atoms with E-state index in [1.165, 1.54) is 11.3 Å². The Morgan fingerprint density at radius 2 is 2.00 bits per heavy atom. The molecule has 2 amide bonds. The highest BCUT2D eigenvalue weighted by molar-refractivity contribution is 9.10. The summed E-state index contributed by atoms with van der Waals surface area (Å²) >= 11 is 4.59. The summed E-state index contributed by atoms with van der Waals surface area (Å²) in [6, 6.07) is 4.73. The fraction of sp³-hybridized carbons (Fsp3) is 0.200. The van der Waals surface area contributed by atoms with E-state index in [1.54, 1.807) is 6.07 Å². The Kier molecular flexibility index (Phi) is 4.41. The van der Waals surface area contributed by atoms with Gasteiger partial charge in [-0.3, -0.25) is 14.8 Å².